The lowest BCUT2D eigenvalue weighted by molar-refractivity contribution is -0.140. The standard InChI is InChI=1S/C21H41N3O2/c1-6-7-18(4)16-24-10-8-23(9-11-24)12-13-26-20-14-19(15-20)22(5)21(25)17(2)3/h17-20H,6-16H2,1-5H3. The molecule has 0 aromatic carbocycles. The Balaban J connectivity index is 1.52. The first-order valence-corrected chi connectivity index (χ1v) is 10.7. The number of hydrogen-bond acceptors (Lipinski definition) is 4. The number of piperazine rings is 1. The third kappa shape index (κ3) is 6.50. The zero-order valence-corrected chi connectivity index (χ0v) is 17.7. The second-order valence-corrected chi connectivity index (χ2v) is 8.76. The Morgan fingerprint density at radius 2 is 1.73 bits per heavy atom. The van der Waals surface area contributed by atoms with E-state index in [1.807, 2.05) is 25.8 Å². The van der Waals surface area contributed by atoms with Gasteiger partial charge in [-0.15, -0.1) is 0 Å². The molecule has 152 valence electrons. The van der Waals surface area contributed by atoms with E-state index in [-0.39, 0.29) is 11.8 Å². The SMILES string of the molecule is CCCC(C)CN1CCN(CCOC2CC(N(C)C(=O)C(C)C)C2)CC1. The summed E-state index contributed by atoms with van der Waals surface area (Å²) in [4.78, 5) is 19.1. The number of amides is 1. The lowest BCUT2D eigenvalue weighted by Gasteiger charge is -2.42. The fraction of sp³-hybridized carbons (Fsp3) is 0.952. The highest BCUT2D eigenvalue weighted by molar-refractivity contribution is 5.78. The normalized spacial score (nSPS) is 25.9. The van der Waals surface area contributed by atoms with Gasteiger partial charge in [-0.2, -0.15) is 0 Å². The molecule has 1 saturated heterocycles. The Bertz CT molecular complexity index is 415. The summed E-state index contributed by atoms with van der Waals surface area (Å²) in [5, 5.41) is 0. The average molecular weight is 368 g/mol. The Morgan fingerprint density at radius 1 is 1.12 bits per heavy atom. The minimum absolute atomic E-state index is 0.0867. The van der Waals surface area contributed by atoms with Crippen molar-refractivity contribution in [2.75, 3.05) is 52.9 Å². The maximum Gasteiger partial charge on any atom is 0.225 e. The topological polar surface area (TPSA) is 36.0 Å². The van der Waals surface area contributed by atoms with Crippen LogP contribution in [-0.4, -0.2) is 85.7 Å². The van der Waals surface area contributed by atoms with E-state index in [4.69, 9.17) is 4.74 Å². The molecule has 1 aliphatic carbocycles. The van der Waals surface area contributed by atoms with Crippen LogP contribution in [0.3, 0.4) is 0 Å². The van der Waals surface area contributed by atoms with Gasteiger partial charge in [-0.25, -0.2) is 0 Å². The summed E-state index contributed by atoms with van der Waals surface area (Å²) >= 11 is 0. The second kappa shape index (κ2) is 10.6. The minimum Gasteiger partial charge on any atom is -0.377 e. The molecule has 2 aliphatic rings. The van der Waals surface area contributed by atoms with Gasteiger partial charge in [-0.05, 0) is 25.2 Å². The maximum absolute atomic E-state index is 12.0. The van der Waals surface area contributed by atoms with E-state index in [1.165, 1.54) is 45.6 Å². The Labute approximate surface area is 161 Å². The highest BCUT2D eigenvalue weighted by atomic mass is 16.5. The Kier molecular flexibility index (Phi) is 8.85. The molecule has 1 amide bonds. The zero-order chi connectivity index (χ0) is 19.1. The smallest absolute Gasteiger partial charge is 0.225 e. The van der Waals surface area contributed by atoms with Gasteiger partial charge >= 0.3 is 0 Å². The molecule has 5 nitrogen and oxygen atoms in total. The molecule has 5 heteroatoms. The van der Waals surface area contributed by atoms with Crippen molar-refractivity contribution < 1.29 is 9.53 Å². The van der Waals surface area contributed by atoms with Crippen LogP contribution < -0.4 is 0 Å². The van der Waals surface area contributed by atoms with Gasteiger partial charge in [-0.1, -0.05) is 34.1 Å². The summed E-state index contributed by atoms with van der Waals surface area (Å²) in [6, 6.07) is 0.378. The van der Waals surface area contributed by atoms with Gasteiger partial charge in [0.15, 0.2) is 0 Å². The van der Waals surface area contributed by atoms with Gasteiger partial charge in [0.2, 0.25) is 5.91 Å². The van der Waals surface area contributed by atoms with E-state index >= 15 is 0 Å². The first-order valence-electron chi connectivity index (χ1n) is 10.7. The fourth-order valence-electron chi connectivity index (χ4n) is 4.15. The van der Waals surface area contributed by atoms with Crippen molar-refractivity contribution in [1.29, 1.82) is 0 Å². The molecule has 2 fully saturated rings. The monoisotopic (exact) mass is 367 g/mol. The van der Waals surface area contributed by atoms with Crippen LogP contribution in [0.15, 0.2) is 0 Å². The molecule has 0 bridgehead atoms. The predicted molar refractivity (Wildman–Crippen MR) is 107 cm³/mol. The highest BCUT2D eigenvalue weighted by Crippen LogP contribution is 2.28. The predicted octanol–water partition coefficient (Wildman–Crippen LogP) is 2.70. The van der Waals surface area contributed by atoms with E-state index < -0.39 is 0 Å². The lowest BCUT2D eigenvalue weighted by Crippen LogP contribution is -2.51. The number of ether oxygens (including phenoxy) is 1. The molecule has 0 radical (unpaired) electrons. The van der Waals surface area contributed by atoms with Gasteiger partial charge in [0, 0.05) is 58.3 Å². The van der Waals surface area contributed by atoms with Gasteiger partial charge < -0.3 is 14.5 Å². The van der Waals surface area contributed by atoms with Gasteiger partial charge in [0.1, 0.15) is 0 Å². The number of carbonyl (C=O) groups is 1. The Hall–Kier alpha value is -0.650. The van der Waals surface area contributed by atoms with Crippen molar-refractivity contribution in [3.63, 3.8) is 0 Å². The summed E-state index contributed by atoms with van der Waals surface area (Å²) in [7, 11) is 1.93. The van der Waals surface area contributed by atoms with Crippen molar-refractivity contribution in [3.05, 3.63) is 0 Å². The first kappa shape index (κ1) is 21.6. The third-order valence-electron chi connectivity index (χ3n) is 6.04. The third-order valence-corrected chi connectivity index (χ3v) is 6.04. The van der Waals surface area contributed by atoms with E-state index in [9.17, 15) is 4.79 Å². The van der Waals surface area contributed by atoms with E-state index in [0.29, 0.717) is 12.1 Å². The highest BCUT2D eigenvalue weighted by Gasteiger charge is 2.35. The van der Waals surface area contributed by atoms with Crippen LogP contribution in [-0.2, 0) is 9.53 Å². The summed E-state index contributed by atoms with van der Waals surface area (Å²) in [6.07, 6.45) is 4.98. The van der Waals surface area contributed by atoms with Crippen LogP contribution >= 0.6 is 0 Å². The van der Waals surface area contributed by atoms with Crippen LogP contribution in [0.1, 0.15) is 53.4 Å². The molecular formula is C21H41N3O2. The van der Waals surface area contributed by atoms with Crippen LogP contribution in [0.25, 0.3) is 0 Å². The van der Waals surface area contributed by atoms with Gasteiger partial charge in [0.05, 0.1) is 12.7 Å². The van der Waals surface area contributed by atoms with Crippen LogP contribution in [0.2, 0.25) is 0 Å². The van der Waals surface area contributed by atoms with Gasteiger partial charge in [-0.3, -0.25) is 9.69 Å². The lowest BCUT2D eigenvalue weighted by atomic mass is 9.87. The Morgan fingerprint density at radius 3 is 2.31 bits per heavy atom. The summed E-state index contributed by atoms with van der Waals surface area (Å²) in [5.41, 5.74) is 0. The molecule has 1 aliphatic heterocycles. The van der Waals surface area contributed by atoms with Crippen LogP contribution in [0, 0.1) is 11.8 Å². The fourth-order valence-corrected chi connectivity index (χ4v) is 4.15. The van der Waals surface area contributed by atoms with Crippen molar-refractivity contribution in [1.82, 2.24) is 14.7 Å². The van der Waals surface area contributed by atoms with Crippen molar-refractivity contribution in [2.45, 2.75) is 65.5 Å². The van der Waals surface area contributed by atoms with Crippen molar-refractivity contribution in [3.8, 4) is 0 Å². The average Bonchev–Trinajstić information content (AvgIpc) is 2.57. The molecule has 0 aromatic rings. The van der Waals surface area contributed by atoms with Crippen LogP contribution in [0.4, 0.5) is 0 Å². The number of rotatable bonds is 10. The summed E-state index contributed by atoms with van der Waals surface area (Å²) in [6.45, 7) is 16.4. The molecule has 1 atom stereocenters. The molecule has 1 heterocycles. The molecular weight excluding hydrogens is 326 g/mol. The molecule has 26 heavy (non-hydrogen) atoms. The molecule has 0 spiro atoms. The molecule has 0 N–H and O–H groups in total. The zero-order valence-electron chi connectivity index (χ0n) is 17.7. The molecule has 0 aromatic heterocycles. The van der Waals surface area contributed by atoms with E-state index in [0.717, 1.165) is 31.9 Å². The van der Waals surface area contributed by atoms with E-state index in [2.05, 4.69) is 23.6 Å². The second-order valence-electron chi connectivity index (χ2n) is 8.76. The number of nitrogens with zero attached hydrogens (tertiary/aromatic N) is 3. The maximum atomic E-state index is 12.0. The number of hydrogen-bond donors (Lipinski definition) is 0. The first-order chi connectivity index (χ1) is 12.4. The van der Waals surface area contributed by atoms with Crippen LogP contribution in [0.5, 0.6) is 0 Å². The van der Waals surface area contributed by atoms with Crippen molar-refractivity contribution in [2.24, 2.45) is 11.8 Å². The quantitative estimate of drug-likeness (QED) is 0.595. The molecule has 2 rings (SSSR count). The number of carbonyl (C=O) groups excluding carboxylic acids is 1. The van der Waals surface area contributed by atoms with E-state index in [1.54, 1.807) is 0 Å². The van der Waals surface area contributed by atoms with Gasteiger partial charge in [0.25, 0.3) is 0 Å². The summed E-state index contributed by atoms with van der Waals surface area (Å²) in [5.74, 6) is 1.16. The largest absolute Gasteiger partial charge is 0.377 e. The summed E-state index contributed by atoms with van der Waals surface area (Å²) < 4.78 is 6.03. The van der Waals surface area contributed by atoms with Crippen molar-refractivity contribution >= 4 is 5.91 Å². The minimum atomic E-state index is 0.0867. The molecule has 1 unspecified atom stereocenters. The molecule has 1 saturated carbocycles.